The van der Waals surface area contributed by atoms with Gasteiger partial charge in [-0.15, -0.1) is 0 Å². The van der Waals surface area contributed by atoms with Crippen LogP contribution in [0.5, 0.6) is 0 Å². The number of nitro groups is 1. The number of hydrogen-bond donors (Lipinski definition) is 0. The first-order valence-corrected chi connectivity index (χ1v) is 7.70. The number of carbonyl (C=O) groups is 1. The fraction of sp³-hybridized carbons (Fsp3) is 0.533. The first-order valence-electron chi connectivity index (χ1n) is 7.70. The van der Waals surface area contributed by atoms with E-state index in [0.717, 1.165) is 25.3 Å². The number of hydrogen-bond acceptors (Lipinski definition) is 4. The number of carbonyl (C=O) groups excluding carboxylic acids is 1. The third-order valence-corrected chi connectivity index (χ3v) is 5.34. The molecule has 2 saturated heterocycles. The summed E-state index contributed by atoms with van der Waals surface area (Å²) < 4.78 is 39.4. The number of alkyl halides is 3. The van der Waals surface area contributed by atoms with Crippen LogP contribution >= 0.6 is 0 Å². The van der Waals surface area contributed by atoms with E-state index in [2.05, 4.69) is 0 Å². The standard InChI is InChI=1S/C15H14F3N3O3/c16-15(17,18)11-6-10(3-4-12(11)21(23)24)20-7-19-9-2-1-8(5-9)13(19)14(20)22/h3-4,6,8-9,13H,1-2,5,7H2/t8?,9?,13-/m1/s1. The Morgan fingerprint density at radius 1 is 1.25 bits per heavy atom. The SMILES string of the molecule is O=C1[C@H]2C3CCC(C3)N2CN1c1ccc([N+](=O)[O-])c(C(F)(F)F)c1. The smallest absolute Gasteiger partial charge is 0.298 e. The zero-order valence-corrected chi connectivity index (χ0v) is 12.5. The summed E-state index contributed by atoms with van der Waals surface area (Å²) in [6.45, 7) is 0.250. The molecule has 0 aromatic heterocycles. The second kappa shape index (κ2) is 4.92. The van der Waals surface area contributed by atoms with E-state index in [-0.39, 0.29) is 30.2 Å². The van der Waals surface area contributed by atoms with Crippen LogP contribution in [0.3, 0.4) is 0 Å². The summed E-state index contributed by atoms with van der Waals surface area (Å²) in [6.07, 6.45) is -1.90. The average molecular weight is 341 g/mol. The molecule has 9 heteroatoms. The summed E-state index contributed by atoms with van der Waals surface area (Å²) in [5.74, 6) is 0.0665. The van der Waals surface area contributed by atoms with Crippen LogP contribution in [0.1, 0.15) is 24.8 Å². The normalized spacial score (nSPS) is 29.4. The number of piperidine rings is 1. The average Bonchev–Trinajstić information content (AvgIpc) is 3.19. The zero-order valence-electron chi connectivity index (χ0n) is 12.5. The molecule has 2 bridgehead atoms. The molecule has 3 aliphatic rings. The molecule has 0 spiro atoms. The van der Waals surface area contributed by atoms with Crippen molar-refractivity contribution >= 4 is 17.3 Å². The third-order valence-electron chi connectivity index (χ3n) is 5.34. The lowest BCUT2D eigenvalue weighted by atomic mass is 9.99. The molecule has 128 valence electrons. The van der Waals surface area contributed by atoms with Gasteiger partial charge in [-0.25, -0.2) is 0 Å². The van der Waals surface area contributed by atoms with E-state index in [1.54, 1.807) is 0 Å². The molecule has 2 heterocycles. The molecule has 4 rings (SSSR count). The lowest BCUT2D eigenvalue weighted by Gasteiger charge is -2.25. The van der Waals surface area contributed by atoms with E-state index >= 15 is 0 Å². The van der Waals surface area contributed by atoms with Crippen molar-refractivity contribution in [3.63, 3.8) is 0 Å². The number of fused-ring (bicyclic) bond motifs is 5. The molecule has 0 N–H and O–H groups in total. The number of anilines is 1. The van der Waals surface area contributed by atoms with Gasteiger partial charge in [0.25, 0.3) is 5.69 Å². The second-order valence-corrected chi connectivity index (χ2v) is 6.55. The fourth-order valence-electron chi connectivity index (χ4n) is 4.30. The van der Waals surface area contributed by atoms with Crippen molar-refractivity contribution in [2.24, 2.45) is 5.92 Å². The number of nitrogens with zero attached hydrogens (tertiary/aromatic N) is 3. The summed E-state index contributed by atoms with van der Waals surface area (Å²) in [6, 6.07) is 2.81. The largest absolute Gasteiger partial charge is 0.423 e. The molecular weight excluding hydrogens is 327 g/mol. The van der Waals surface area contributed by atoms with Gasteiger partial charge in [0.05, 0.1) is 17.6 Å². The molecule has 24 heavy (non-hydrogen) atoms. The van der Waals surface area contributed by atoms with Gasteiger partial charge in [-0.05, 0) is 37.3 Å². The van der Waals surface area contributed by atoms with Crippen LogP contribution in [0.2, 0.25) is 0 Å². The molecule has 2 unspecified atom stereocenters. The van der Waals surface area contributed by atoms with Gasteiger partial charge in [0.1, 0.15) is 5.56 Å². The van der Waals surface area contributed by atoms with Crippen LogP contribution in [0.15, 0.2) is 18.2 Å². The predicted octanol–water partition coefficient (Wildman–Crippen LogP) is 2.77. The number of benzene rings is 1. The van der Waals surface area contributed by atoms with Gasteiger partial charge in [0.15, 0.2) is 0 Å². The lowest BCUT2D eigenvalue weighted by molar-refractivity contribution is -0.388. The topological polar surface area (TPSA) is 66.7 Å². The van der Waals surface area contributed by atoms with Gasteiger partial charge in [0, 0.05) is 17.8 Å². The van der Waals surface area contributed by atoms with Crippen molar-refractivity contribution in [2.75, 3.05) is 11.6 Å². The first kappa shape index (κ1) is 15.4. The first-order chi connectivity index (χ1) is 11.3. The molecule has 2 aliphatic heterocycles. The molecule has 0 radical (unpaired) electrons. The Hall–Kier alpha value is -2.16. The van der Waals surface area contributed by atoms with Crippen LogP contribution in [0.25, 0.3) is 0 Å². The summed E-state index contributed by atoms with van der Waals surface area (Å²) in [5.41, 5.74) is -2.27. The molecule has 1 aromatic rings. The van der Waals surface area contributed by atoms with Crippen LogP contribution in [0, 0.1) is 16.0 Å². The van der Waals surface area contributed by atoms with Gasteiger partial charge in [-0.3, -0.25) is 24.7 Å². The molecule has 1 aromatic carbocycles. The maximum atomic E-state index is 13.1. The van der Waals surface area contributed by atoms with Gasteiger partial charge < -0.3 is 0 Å². The van der Waals surface area contributed by atoms with Crippen molar-refractivity contribution in [1.82, 2.24) is 4.90 Å². The highest BCUT2D eigenvalue weighted by molar-refractivity contribution is 6.00. The Morgan fingerprint density at radius 3 is 2.62 bits per heavy atom. The van der Waals surface area contributed by atoms with Crippen LogP contribution < -0.4 is 4.90 Å². The van der Waals surface area contributed by atoms with E-state index in [4.69, 9.17) is 0 Å². The monoisotopic (exact) mass is 341 g/mol. The summed E-state index contributed by atoms with van der Waals surface area (Å²) in [5, 5.41) is 10.8. The Kier molecular flexibility index (Phi) is 3.15. The highest BCUT2D eigenvalue weighted by Crippen LogP contribution is 2.47. The highest BCUT2D eigenvalue weighted by Gasteiger charge is 2.55. The third kappa shape index (κ3) is 2.10. The highest BCUT2D eigenvalue weighted by atomic mass is 19.4. The summed E-state index contributed by atoms with van der Waals surface area (Å²) >= 11 is 0. The minimum absolute atomic E-state index is 0.0618. The van der Waals surface area contributed by atoms with E-state index in [0.29, 0.717) is 12.1 Å². The van der Waals surface area contributed by atoms with Crippen LogP contribution in [0.4, 0.5) is 24.5 Å². The van der Waals surface area contributed by atoms with Crippen LogP contribution in [-0.4, -0.2) is 34.5 Å². The van der Waals surface area contributed by atoms with Gasteiger partial charge in [-0.1, -0.05) is 0 Å². The molecule has 3 atom stereocenters. The number of halogens is 3. The predicted molar refractivity (Wildman–Crippen MR) is 77.2 cm³/mol. The molecular formula is C15H14F3N3O3. The summed E-state index contributed by atoms with van der Waals surface area (Å²) in [7, 11) is 0. The Morgan fingerprint density at radius 2 is 2.00 bits per heavy atom. The second-order valence-electron chi connectivity index (χ2n) is 6.55. The maximum absolute atomic E-state index is 13.1. The van der Waals surface area contributed by atoms with E-state index in [9.17, 15) is 28.1 Å². The fourth-order valence-corrected chi connectivity index (χ4v) is 4.30. The van der Waals surface area contributed by atoms with E-state index in [1.807, 2.05) is 4.90 Å². The van der Waals surface area contributed by atoms with E-state index < -0.39 is 22.4 Å². The Labute approximate surface area is 135 Å². The number of rotatable bonds is 2. The van der Waals surface area contributed by atoms with Crippen molar-refractivity contribution < 1.29 is 22.9 Å². The molecule has 1 amide bonds. The Bertz CT molecular complexity index is 736. The maximum Gasteiger partial charge on any atom is 0.423 e. The lowest BCUT2D eigenvalue weighted by Crippen LogP contribution is -2.38. The van der Waals surface area contributed by atoms with Crippen LogP contribution in [-0.2, 0) is 11.0 Å². The molecule has 3 fully saturated rings. The quantitative estimate of drug-likeness (QED) is 0.613. The Balaban J connectivity index is 1.70. The van der Waals surface area contributed by atoms with E-state index in [1.165, 1.54) is 11.0 Å². The van der Waals surface area contributed by atoms with Crippen molar-refractivity contribution in [2.45, 2.75) is 37.5 Å². The minimum atomic E-state index is -4.85. The minimum Gasteiger partial charge on any atom is -0.298 e. The number of amides is 1. The molecule has 1 aliphatic carbocycles. The van der Waals surface area contributed by atoms with Crippen molar-refractivity contribution in [3.8, 4) is 0 Å². The summed E-state index contributed by atoms with van der Waals surface area (Å²) in [4.78, 5) is 25.8. The molecule has 6 nitrogen and oxygen atoms in total. The van der Waals surface area contributed by atoms with Gasteiger partial charge >= 0.3 is 6.18 Å². The zero-order chi connectivity index (χ0) is 17.2. The van der Waals surface area contributed by atoms with Crippen molar-refractivity contribution in [1.29, 1.82) is 0 Å². The van der Waals surface area contributed by atoms with Crippen molar-refractivity contribution in [3.05, 3.63) is 33.9 Å². The van der Waals surface area contributed by atoms with Gasteiger partial charge in [-0.2, -0.15) is 13.2 Å². The van der Waals surface area contributed by atoms with Gasteiger partial charge in [0.2, 0.25) is 5.91 Å². The molecule has 1 saturated carbocycles. The number of nitro benzene ring substituents is 1.